The van der Waals surface area contributed by atoms with Crippen LogP contribution in [0.2, 0.25) is 0 Å². The number of nitrogens with zero attached hydrogens (tertiary/aromatic N) is 2. The molecule has 3 rings (SSSR count). The highest BCUT2D eigenvalue weighted by Gasteiger charge is 2.35. The number of likely N-dealkylation sites (N-methyl/N-ethyl adjacent to an activating group) is 1. The molecule has 1 aliphatic rings. The van der Waals surface area contributed by atoms with Gasteiger partial charge >= 0.3 is 0 Å². The van der Waals surface area contributed by atoms with Gasteiger partial charge in [0.25, 0.3) is 0 Å². The molecule has 1 aromatic heterocycles. The molecule has 29 heavy (non-hydrogen) atoms. The van der Waals surface area contributed by atoms with E-state index in [0.29, 0.717) is 12.5 Å². The van der Waals surface area contributed by atoms with Gasteiger partial charge in [0.05, 0.1) is 6.54 Å². The number of halogens is 1. The lowest BCUT2D eigenvalue weighted by Gasteiger charge is -2.31. The Morgan fingerprint density at radius 1 is 1.10 bits per heavy atom. The maximum atomic E-state index is 12.0. The summed E-state index contributed by atoms with van der Waals surface area (Å²) in [4.78, 5) is 19.3. The van der Waals surface area contributed by atoms with Crippen LogP contribution in [-0.4, -0.2) is 44.0 Å². The van der Waals surface area contributed by atoms with E-state index >= 15 is 0 Å². The van der Waals surface area contributed by atoms with E-state index in [1.165, 1.54) is 36.1 Å². The molecule has 0 bridgehead atoms. The molecule has 158 valence electrons. The van der Waals surface area contributed by atoms with Gasteiger partial charge in [-0.2, -0.15) is 0 Å². The number of amides is 1. The third-order valence-corrected chi connectivity index (χ3v) is 6.30. The SMILES string of the molecule is CN(C)C(=O)CN=C(NCc1cccs1)NCC1(c2ccccc2)CCCC1.I. The lowest BCUT2D eigenvalue weighted by molar-refractivity contribution is -0.127. The van der Waals surface area contributed by atoms with Crippen molar-refractivity contribution in [2.45, 2.75) is 37.6 Å². The molecule has 7 heteroatoms. The van der Waals surface area contributed by atoms with Gasteiger partial charge in [0.1, 0.15) is 6.54 Å². The molecule has 1 saturated carbocycles. The molecule has 1 aromatic carbocycles. The molecule has 1 fully saturated rings. The van der Waals surface area contributed by atoms with Gasteiger partial charge in [0.2, 0.25) is 5.91 Å². The molecule has 0 aliphatic heterocycles. The molecule has 1 aliphatic carbocycles. The molecule has 0 atom stereocenters. The summed E-state index contributed by atoms with van der Waals surface area (Å²) in [7, 11) is 3.51. The number of carbonyl (C=O) groups is 1. The Balaban J connectivity index is 0.00000300. The van der Waals surface area contributed by atoms with Crippen LogP contribution in [0.4, 0.5) is 0 Å². The summed E-state index contributed by atoms with van der Waals surface area (Å²) >= 11 is 1.71. The van der Waals surface area contributed by atoms with Crippen molar-refractivity contribution < 1.29 is 4.79 Å². The van der Waals surface area contributed by atoms with Crippen LogP contribution in [0.3, 0.4) is 0 Å². The van der Waals surface area contributed by atoms with E-state index in [-0.39, 0.29) is 41.8 Å². The number of nitrogens with one attached hydrogen (secondary N) is 2. The fourth-order valence-electron chi connectivity index (χ4n) is 3.71. The van der Waals surface area contributed by atoms with Crippen molar-refractivity contribution in [3.8, 4) is 0 Å². The van der Waals surface area contributed by atoms with Gasteiger partial charge in [-0.05, 0) is 29.9 Å². The van der Waals surface area contributed by atoms with Crippen molar-refractivity contribution in [2.75, 3.05) is 27.2 Å². The van der Waals surface area contributed by atoms with E-state index < -0.39 is 0 Å². The number of hydrogen-bond acceptors (Lipinski definition) is 3. The Kier molecular flexibility index (Phi) is 9.42. The standard InChI is InChI=1S/C22H30N4OS.HI/c1-26(2)20(27)16-24-21(23-15-19-11-8-14-28-19)25-17-22(12-6-7-13-22)18-9-4-3-5-10-18;/h3-5,8-11,14H,6-7,12-13,15-17H2,1-2H3,(H2,23,24,25);1H. The first kappa shape index (κ1) is 23.7. The monoisotopic (exact) mass is 526 g/mol. The van der Waals surface area contributed by atoms with Crippen molar-refractivity contribution in [3.63, 3.8) is 0 Å². The van der Waals surface area contributed by atoms with Crippen molar-refractivity contribution in [2.24, 2.45) is 4.99 Å². The highest BCUT2D eigenvalue weighted by molar-refractivity contribution is 14.0. The summed E-state index contributed by atoms with van der Waals surface area (Å²) in [6.07, 6.45) is 4.87. The van der Waals surface area contributed by atoms with Crippen LogP contribution >= 0.6 is 35.3 Å². The second-order valence-corrected chi connectivity index (χ2v) is 8.63. The minimum absolute atomic E-state index is 0. The number of carbonyl (C=O) groups excluding carboxylic acids is 1. The third-order valence-electron chi connectivity index (χ3n) is 5.42. The molecule has 0 radical (unpaired) electrons. The Morgan fingerprint density at radius 3 is 2.45 bits per heavy atom. The average Bonchev–Trinajstić information content (AvgIpc) is 3.40. The Bertz CT molecular complexity index is 771. The third kappa shape index (κ3) is 6.70. The van der Waals surface area contributed by atoms with E-state index in [1.54, 1.807) is 30.3 Å². The zero-order valence-electron chi connectivity index (χ0n) is 17.2. The quantitative estimate of drug-likeness (QED) is 0.326. The number of hydrogen-bond donors (Lipinski definition) is 2. The fourth-order valence-corrected chi connectivity index (χ4v) is 4.35. The van der Waals surface area contributed by atoms with Crippen LogP contribution in [0.1, 0.15) is 36.1 Å². The Hall–Kier alpha value is -1.61. The molecule has 1 amide bonds. The maximum Gasteiger partial charge on any atom is 0.243 e. The highest BCUT2D eigenvalue weighted by Crippen LogP contribution is 2.40. The normalized spacial score (nSPS) is 15.4. The lowest BCUT2D eigenvalue weighted by Crippen LogP contribution is -2.45. The average molecular weight is 526 g/mol. The van der Waals surface area contributed by atoms with Crippen LogP contribution < -0.4 is 10.6 Å². The van der Waals surface area contributed by atoms with Crippen LogP contribution in [0.25, 0.3) is 0 Å². The molecule has 1 heterocycles. The zero-order valence-corrected chi connectivity index (χ0v) is 20.3. The fraction of sp³-hybridized carbons (Fsp3) is 0.455. The van der Waals surface area contributed by atoms with Gasteiger partial charge < -0.3 is 15.5 Å². The first-order valence-corrected chi connectivity index (χ1v) is 10.8. The molecule has 5 nitrogen and oxygen atoms in total. The second-order valence-electron chi connectivity index (χ2n) is 7.59. The van der Waals surface area contributed by atoms with Crippen LogP contribution in [0, 0.1) is 0 Å². The van der Waals surface area contributed by atoms with Gasteiger partial charge in [0.15, 0.2) is 5.96 Å². The van der Waals surface area contributed by atoms with Crippen molar-refractivity contribution in [3.05, 3.63) is 58.3 Å². The highest BCUT2D eigenvalue weighted by atomic mass is 127. The largest absolute Gasteiger partial charge is 0.355 e. The van der Waals surface area contributed by atoms with Crippen LogP contribution in [0.5, 0.6) is 0 Å². The van der Waals surface area contributed by atoms with E-state index in [2.05, 4.69) is 57.4 Å². The maximum absolute atomic E-state index is 12.0. The molecule has 2 N–H and O–H groups in total. The minimum atomic E-state index is -0.00383. The van der Waals surface area contributed by atoms with Gasteiger partial charge in [-0.3, -0.25) is 4.79 Å². The minimum Gasteiger partial charge on any atom is -0.355 e. The predicted octanol–water partition coefficient (Wildman–Crippen LogP) is 4.00. The van der Waals surface area contributed by atoms with Crippen molar-refractivity contribution >= 4 is 47.2 Å². The summed E-state index contributed by atoms with van der Waals surface area (Å²) in [6.45, 7) is 1.67. The van der Waals surface area contributed by atoms with E-state index in [0.717, 1.165) is 6.54 Å². The first-order valence-electron chi connectivity index (χ1n) is 9.89. The summed E-state index contributed by atoms with van der Waals surface area (Å²) in [5.41, 5.74) is 1.53. The number of rotatable bonds is 7. The summed E-state index contributed by atoms with van der Waals surface area (Å²) < 4.78 is 0. The van der Waals surface area contributed by atoms with E-state index in [9.17, 15) is 4.79 Å². The Morgan fingerprint density at radius 2 is 1.83 bits per heavy atom. The predicted molar refractivity (Wildman–Crippen MR) is 132 cm³/mol. The summed E-state index contributed by atoms with van der Waals surface area (Å²) in [6, 6.07) is 14.9. The van der Waals surface area contributed by atoms with Gasteiger partial charge in [-0.15, -0.1) is 35.3 Å². The number of guanidine groups is 1. The smallest absolute Gasteiger partial charge is 0.243 e. The van der Waals surface area contributed by atoms with Gasteiger partial charge in [-0.1, -0.05) is 49.2 Å². The van der Waals surface area contributed by atoms with Gasteiger partial charge in [-0.25, -0.2) is 4.99 Å². The summed E-state index contributed by atoms with van der Waals surface area (Å²) in [5, 5.41) is 8.99. The lowest BCUT2D eigenvalue weighted by atomic mass is 9.79. The summed E-state index contributed by atoms with van der Waals surface area (Å²) in [5.74, 6) is 0.696. The zero-order chi connectivity index (χ0) is 19.8. The number of aliphatic imine (C=N–C) groups is 1. The number of thiophene rings is 1. The van der Waals surface area contributed by atoms with Crippen LogP contribution in [-0.2, 0) is 16.8 Å². The van der Waals surface area contributed by atoms with Gasteiger partial charge in [0, 0.05) is 30.9 Å². The molecule has 0 unspecified atom stereocenters. The molecule has 0 spiro atoms. The van der Waals surface area contributed by atoms with E-state index in [1.807, 2.05) is 6.07 Å². The van der Waals surface area contributed by atoms with Crippen molar-refractivity contribution in [1.82, 2.24) is 15.5 Å². The number of benzene rings is 1. The molecular formula is C22H31IN4OS. The topological polar surface area (TPSA) is 56.7 Å². The second kappa shape index (κ2) is 11.5. The Labute approximate surface area is 195 Å². The molecular weight excluding hydrogens is 495 g/mol. The molecule has 2 aromatic rings. The van der Waals surface area contributed by atoms with Crippen molar-refractivity contribution in [1.29, 1.82) is 0 Å². The van der Waals surface area contributed by atoms with Crippen LogP contribution in [0.15, 0.2) is 52.8 Å². The molecule has 0 saturated heterocycles. The van der Waals surface area contributed by atoms with E-state index in [4.69, 9.17) is 0 Å². The first-order chi connectivity index (χ1) is 13.6.